The average Bonchev–Trinajstić information content (AvgIpc) is 3.23. The number of anilines is 1. The fourth-order valence-corrected chi connectivity index (χ4v) is 3.93. The van der Waals surface area contributed by atoms with E-state index in [4.69, 9.17) is 11.6 Å². The number of imidazole rings is 1. The van der Waals surface area contributed by atoms with Gasteiger partial charge in [-0.25, -0.2) is 13.4 Å². The Morgan fingerprint density at radius 2 is 1.83 bits per heavy atom. The van der Waals surface area contributed by atoms with Crippen LogP contribution in [0.3, 0.4) is 0 Å². The van der Waals surface area contributed by atoms with Gasteiger partial charge in [-0.2, -0.15) is 0 Å². The van der Waals surface area contributed by atoms with Crippen molar-refractivity contribution in [1.29, 1.82) is 0 Å². The number of benzene rings is 2. The molecule has 0 saturated carbocycles. The van der Waals surface area contributed by atoms with E-state index in [1.54, 1.807) is 61.1 Å². The number of nitrogens with one attached hydrogen (secondary N) is 1. The van der Waals surface area contributed by atoms with Crippen LogP contribution in [0, 0.1) is 0 Å². The summed E-state index contributed by atoms with van der Waals surface area (Å²) in [4.78, 5) is 16.3. The molecule has 3 aromatic rings. The zero-order chi connectivity index (χ0) is 21.6. The summed E-state index contributed by atoms with van der Waals surface area (Å²) < 4.78 is 27.9. The van der Waals surface area contributed by atoms with Gasteiger partial charge < -0.3 is 9.88 Å². The summed E-state index contributed by atoms with van der Waals surface area (Å²) in [7, 11) is -3.51. The Balaban J connectivity index is 1.62. The maximum Gasteiger partial charge on any atom is 0.251 e. The van der Waals surface area contributed by atoms with Gasteiger partial charge in [-0.05, 0) is 48.4 Å². The van der Waals surface area contributed by atoms with Gasteiger partial charge >= 0.3 is 0 Å². The topological polar surface area (TPSA) is 84.3 Å². The average molecular weight is 447 g/mol. The summed E-state index contributed by atoms with van der Waals surface area (Å²) in [6.45, 7) is 1.48. The third kappa shape index (κ3) is 6.08. The molecular formula is C21H23ClN4O3S. The highest BCUT2D eigenvalue weighted by Crippen LogP contribution is 2.22. The number of halogens is 1. The van der Waals surface area contributed by atoms with Crippen LogP contribution in [0.2, 0.25) is 5.02 Å². The van der Waals surface area contributed by atoms with Gasteiger partial charge in [-0.15, -0.1) is 0 Å². The third-order valence-electron chi connectivity index (χ3n) is 4.50. The molecule has 2 aromatic carbocycles. The van der Waals surface area contributed by atoms with Gasteiger partial charge in [0.25, 0.3) is 5.91 Å². The number of nitrogens with zero attached hydrogens (tertiary/aromatic N) is 3. The summed E-state index contributed by atoms with van der Waals surface area (Å²) in [5.74, 6) is -0.198. The molecule has 3 rings (SSSR count). The van der Waals surface area contributed by atoms with Crippen molar-refractivity contribution in [2.45, 2.75) is 19.5 Å². The van der Waals surface area contributed by atoms with Crippen molar-refractivity contribution in [2.24, 2.45) is 0 Å². The number of sulfonamides is 1. The molecule has 0 bridgehead atoms. The van der Waals surface area contributed by atoms with Crippen LogP contribution in [0.5, 0.6) is 0 Å². The van der Waals surface area contributed by atoms with E-state index in [1.165, 1.54) is 4.31 Å². The van der Waals surface area contributed by atoms with Crippen LogP contribution in [-0.2, 0) is 23.1 Å². The lowest BCUT2D eigenvalue weighted by Crippen LogP contribution is -2.29. The molecular weight excluding hydrogens is 424 g/mol. The molecule has 0 fully saturated rings. The molecule has 0 aliphatic carbocycles. The Morgan fingerprint density at radius 1 is 1.13 bits per heavy atom. The fourth-order valence-electron chi connectivity index (χ4n) is 2.92. The predicted molar refractivity (Wildman–Crippen MR) is 118 cm³/mol. The number of aryl methyl sites for hydroxylation is 1. The minimum Gasteiger partial charge on any atom is -0.352 e. The number of amides is 1. The Bertz CT molecular complexity index is 1070. The van der Waals surface area contributed by atoms with Crippen molar-refractivity contribution in [2.75, 3.05) is 17.1 Å². The van der Waals surface area contributed by atoms with Gasteiger partial charge in [0.2, 0.25) is 10.0 Å². The van der Waals surface area contributed by atoms with E-state index in [1.807, 2.05) is 10.8 Å². The molecule has 0 saturated heterocycles. The third-order valence-corrected chi connectivity index (χ3v) is 5.89. The fraction of sp³-hybridized carbons (Fsp3) is 0.238. The molecule has 0 unspecified atom stereocenters. The summed E-state index contributed by atoms with van der Waals surface area (Å²) in [6.07, 6.45) is 7.26. The van der Waals surface area contributed by atoms with E-state index in [0.29, 0.717) is 22.8 Å². The molecule has 1 heterocycles. The number of hydrogen-bond acceptors (Lipinski definition) is 4. The van der Waals surface area contributed by atoms with E-state index in [0.717, 1.165) is 24.8 Å². The number of aromatic nitrogens is 2. The molecule has 1 N–H and O–H groups in total. The van der Waals surface area contributed by atoms with Crippen LogP contribution >= 0.6 is 11.6 Å². The van der Waals surface area contributed by atoms with Crippen LogP contribution in [0.1, 0.15) is 22.3 Å². The van der Waals surface area contributed by atoms with Crippen LogP contribution in [0.25, 0.3) is 0 Å². The van der Waals surface area contributed by atoms with E-state index >= 15 is 0 Å². The highest BCUT2D eigenvalue weighted by atomic mass is 35.5. The van der Waals surface area contributed by atoms with Gasteiger partial charge in [0.15, 0.2) is 0 Å². The predicted octanol–water partition coefficient (Wildman–Crippen LogP) is 3.32. The molecule has 0 radical (unpaired) electrons. The van der Waals surface area contributed by atoms with Crippen molar-refractivity contribution < 1.29 is 13.2 Å². The molecule has 9 heteroatoms. The van der Waals surface area contributed by atoms with Gasteiger partial charge in [0.05, 0.1) is 24.8 Å². The Morgan fingerprint density at radius 3 is 2.43 bits per heavy atom. The van der Waals surface area contributed by atoms with E-state index in [2.05, 4.69) is 10.3 Å². The quantitative estimate of drug-likeness (QED) is 0.511. The molecule has 0 aliphatic heterocycles. The standard InChI is InChI=1S/C21H23ClN4O3S/c1-30(28,29)26(15-17-3-7-19(22)8-4-17)20-9-5-18(6-10-20)21(27)24-11-2-13-25-14-12-23-16-25/h3-10,12,14,16H,2,11,13,15H2,1H3,(H,24,27). The Labute approximate surface area is 181 Å². The number of hydrogen-bond donors (Lipinski definition) is 1. The number of carbonyl (C=O) groups excluding carboxylic acids is 1. The molecule has 7 nitrogen and oxygen atoms in total. The Hall–Kier alpha value is -2.84. The van der Waals surface area contributed by atoms with Gasteiger partial charge in [0.1, 0.15) is 0 Å². The largest absolute Gasteiger partial charge is 0.352 e. The minimum absolute atomic E-state index is 0.176. The maximum atomic E-state index is 12.3. The van der Waals surface area contributed by atoms with E-state index in [-0.39, 0.29) is 12.5 Å². The normalized spacial score (nSPS) is 11.3. The Kier molecular flexibility index (Phi) is 7.12. The highest BCUT2D eigenvalue weighted by Gasteiger charge is 2.18. The first-order chi connectivity index (χ1) is 14.3. The minimum atomic E-state index is -3.51. The van der Waals surface area contributed by atoms with Crippen molar-refractivity contribution >= 4 is 33.2 Å². The van der Waals surface area contributed by atoms with Crippen molar-refractivity contribution in [1.82, 2.24) is 14.9 Å². The highest BCUT2D eigenvalue weighted by molar-refractivity contribution is 7.92. The second-order valence-corrected chi connectivity index (χ2v) is 9.20. The van der Waals surface area contributed by atoms with Gasteiger partial charge in [-0.1, -0.05) is 23.7 Å². The second-order valence-electron chi connectivity index (χ2n) is 6.85. The maximum absolute atomic E-state index is 12.3. The van der Waals surface area contributed by atoms with Gasteiger partial charge in [-0.3, -0.25) is 9.10 Å². The molecule has 0 spiro atoms. The van der Waals surface area contributed by atoms with E-state index in [9.17, 15) is 13.2 Å². The van der Waals surface area contributed by atoms with E-state index < -0.39 is 10.0 Å². The molecule has 0 atom stereocenters. The lowest BCUT2D eigenvalue weighted by Gasteiger charge is -2.23. The zero-order valence-corrected chi connectivity index (χ0v) is 18.1. The number of carbonyl (C=O) groups is 1. The lowest BCUT2D eigenvalue weighted by molar-refractivity contribution is 0.0952. The van der Waals surface area contributed by atoms with Crippen molar-refractivity contribution in [3.63, 3.8) is 0 Å². The first-order valence-electron chi connectivity index (χ1n) is 9.39. The molecule has 1 aromatic heterocycles. The molecule has 158 valence electrons. The number of rotatable bonds is 9. The monoisotopic (exact) mass is 446 g/mol. The first-order valence-corrected chi connectivity index (χ1v) is 11.6. The second kappa shape index (κ2) is 9.77. The summed E-state index contributed by atoms with van der Waals surface area (Å²) >= 11 is 5.90. The van der Waals surface area contributed by atoms with Crippen LogP contribution in [0.4, 0.5) is 5.69 Å². The van der Waals surface area contributed by atoms with Gasteiger partial charge in [0, 0.05) is 36.1 Å². The summed E-state index contributed by atoms with van der Waals surface area (Å²) in [5, 5.41) is 3.46. The van der Waals surface area contributed by atoms with Crippen LogP contribution < -0.4 is 9.62 Å². The smallest absolute Gasteiger partial charge is 0.251 e. The molecule has 30 heavy (non-hydrogen) atoms. The van der Waals surface area contributed by atoms with Crippen molar-refractivity contribution in [3.8, 4) is 0 Å². The van der Waals surface area contributed by atoms with Crippen LogP contribution in [0.15, 0.2) is 67.3 Å². The summed E-state index contributed by atoms with van der Waals surface area (Å²) in [5.41, 5.74) is 1.77. The summed E-state index contributed by atoms with van der Waals surface area (Å²) in [6, 6.07) is 13.5. The molecule has 1 amide bonds. The SMILES string of the molecule is CS(=O)(=O)N(Cc1ccc(Cl)cc1)c1ccc(C(=O)NCCCn2ccnc2)cc1. The first kappa shape index (κ1) is 21.9. The molecule has 0 aliphatic rings. The van der Waals surface area contributed by atoms with Crippen molar-refractivity contribution in [3.05, 3.63) is 83.4 Å². The van der Waals surface area contributed by atoms with Crippen LogP contribution in [-0.4, -0.2) is 36.7 Å². The lowest BCUT2D eigenvalue weighted by atomic mass is 10.1. The zero-order valence-electron chi connectivity index (χ0n) is 16.5.